The van der Waals surface area contributed by atoms with E-state index >= 15 is 0 Å². The molecule has 18 heavy (non-hydrogen) atoms. The maximum absolute atomic E-state index is 12.3. The summed E-state index contributed by atoms with van der Waals surface area (Å²) in [5, 5.41) is 0.411. The third-order valence-corrected chi connectivity index (χ3v) is 5.50. The van der Waals surface area contributed by atoms with E-state index in [2.05, 4.69) is 9.71 Å². The Balaban J connectivity index is 2.14. The molecule has 1 unspecified atom stereocenters. The van der Waals surface area contributed by atoms with Crippen LogP contribution in [0.15, 0.2) is 6.20 Å². The minimum atomic E-state index is -3.53. The van der Waals surface area contributed by atoms with E-state index in [-0.39, 0.29) is 6.04 Å². The van der Waals surface area contributed by atoms with E-state index in [0.717, 1.165) is 24.1 Å². The van der Waals surface area contributed by atoms with Crippen LogP contribution in [0.2, 0.25) is 0 Å². The Morgan fingerprint density at radius 1 is 1.61 bits per heavy atom. The Hall–Kier alpha value is -0.700. The Bertz CT molecular complexity index is 500. The molecule has 2 rings (SSSR count). The van der Waals surface area contributed by atoms with E-state index in [9.17, 15) is 8.42 Å². The zero-order valence-corrected chi connectivity index (χ0v) is 11.9. The lowest BCUT2D eigenvalue weighted by molar-refractivity contribution is 0.259. The highest BCUT2D eigenvalue weighted by atomic mass is 32.2. The molecule has 102 valence electrons. The standard InChI is InChI=1S/C10H18N4O2S2/c1-8-7-12-10(17-8)13-18(15,16)14-5-3-2-4-9(14)6-11/h7,9H,2-6,11H2,1H3,(H,12,13). The van der Waals surface area contributed by atoms with Crippen molar-refractivity contribution in [3.63, 3.8) is 0 Å². The lowest BCUT2D eigenvalue weighted by Crippen LogP contribution is -2.49. The molecule has 0 radical (unpaired) electrons. The average Bonchev–Trinajstić information content (AvgIpc) is 2.74. The molecule has 0 aromatic carbocycles. The van der Waals surface area contributed by atoms with Gasteiger partial charge in [-0.05, 0) is 19.8 Å². The lowest BCUT2D eigenvalue weighted by atomic mass is 10.1. The van der Waals surface area contributed by atoms with Crippen LogP contribution < -0.4 is 10.5 Å². The summed E-state index contributed by atoms with van der Waals surface area (Å²) in [4.78, 5) is 4.99. The first-order valence-corrected chi connectivity index (χ1v) is 8.20. The van der Waals surface area contributed by atoms with Gasteiger partial charge in [-0.25, -0.2) is 9.71 Å². The highest BCUT2D eigenvalue weighted by Gasteiger charge is 2.31. The number of aromatic nitrogens is 1. The zero-order valence-electron chi connectivity index (χ0n) is 10.3. The highest BCUT2D eigenvalue weighted by molar-refractivity contribution is 7.90. The van der Waals surface area contributed by atoms with Gasteiger partial charge < -0.3 is 5.73 Å². The Labute approximate surface area is 111 Å². The van der Waals surface area contributed by atoms with E-state index < -0.39 is 10.2 Å². The lowest BCUT2D eigenvalue weighted by Gasteiger charge is -2.33. The summed E-state index contributed by atoms with van der Waals surface area (Å²) < 4.78 is 28.5. The smallest absolute Gasteiger partial charge is 0.303 e. The molecule has 6 nitrogen and oxygen atoms in total. The van der Waals surface area contributed by atoms with Crippen molar-refractivity contribution >= 4 is 26.7 Å². The third kappa shape index (κ3) is 3.00. The summed E-state index contributed by atoms with van der Waals surface area (Å²) in [6.45, 7) is 2.78. The van der Waals surface area contributed by atoms with Crippen molar-refractivity contribution in [1.82, 2.24) is 9.29 Å². The summed E-state index contributed by atoms with van der Waals surface area (Å²) in [5.74, 6) is 0. The molecule has 3 N–H and O–H groups in total. The largest absolute Gasteiger partial charge is 0.329 e. The second kappa shape index (κ2) is 5.52. The molecule has 1 aromatic rings. The number of anilines is 1. The van der Waals surface area contributed by atoms with Gasteiger partial charge in [0.15, 0.2) is 5.13 Å². The minimum absolute atomic E-state index is 0.0997. The monoisotopic (exact) mass is 290 g/mol. The number of hydrogen-bond donors (Lipinski definition) is 2. The molecule has 1 fully saturated rings. The van der Waals surface area contributed by atoms with Crippen molar-refractivity contribution < 1.29 is 8.42 Å². The van der Waals surface area contributed by atoms with E-state index in [0.29, 0.717) is 18.2 Å². The molecule has 1 atom stereocenters. The van der Waals surface area contributed by atoms with Crippen LogP contribution in [0.5, 0.6) is 0 Å². The van der Waals surface area contributed by atoms with Crippen molar-refractivity contribution in [3.8, 4) is 0 Å². The van der Waals surface area contributed by atoms with Crippen molar-refractivity contribution in [2.24, 2.45) is 5.73 Å². The van der Waals surface area contributed by atoms with Gasteiger partial charge in [-0.15, -0.1) is 11.3 Å². The van der Waals surface area contributed by atoms with Gasteiger partial charge in [0.2, 0.25) is 0 Å². The van der Waals surface area contributed by atoms with Crippen LogP contribution in [0.4, 0.5) is 5.13 Å². The second-order valence-electron chi connectivity index (χ2n) is 4.38. The number of aryl methyl sites for hydroxylation is 1. The van der Waals surface area contributed by atoms with E-state index in [1.807, 2.05) is 6.92 Å². The second-order valence-corrected chi connectivity index (χ2v) is 7.24. The molecule has 2 heterocycles. The molecule has 0 aliphatic carbocycles. The molecule has 1 aromatic heterocycles. The zero-order chi connectivity index (χ0) is 13.2. The fourth-order valence-corrected chi connectivity index (χ4v) is 4.44. The Morgan fingerprint density at radius 3 is 3.00 bits per heavy atom. The summed E-state index contributed by atoms with van der Waals surface area (Å²) in [6.07, 6.45) is 4.39. The molecule has 0 saturated carbocycles. The van der Waals surface area contributed by atoms with Gasteiger partial charge in [-0.1, -0.05) is 6.42 Å². The average molecular weight is 290 g/mol. The number of nitrogens with zero attached hydrogens (tertiary/aromatic N) is 2. The molecular weight excluding hydrogens is 272 g/mol. The first-order valence-electron chi connectivity index (χ1n) is 5.95. The number of thiazole rings is 1. The normalized spacial score (nSPS) is 22.0. The predicted molar refractivity (Wildman–Crippen MR) is 72.8 cm³/mol. The first-order chi connectivity index (χ1) is 8.53. The molecule has 1 aliphatic rings. The van der Waals surface area contributed by atoms with Crippen molar-refractivity contribution in [2.75, 3.05) is 17.8 Å². The SMILES string of the molecule is Cc1cnc(NS(=O)(=O)N2CCCCC2CN)s1. The molecule has 1 saturated heterocycles. The maximum Gasteiger partial charge on any atom is 0.303 e. The van der Waals surface area contributed by atoms with Crippen LogP contribution >= 0.6 is 11.3 Å². The van der Waals surface area contributed by atoms with Crippen LogP contribution in [0.3, 0.4) is 0 Å². The van der Waals surface area contributed by atoms with Crippen molar-refractivity contribution in [2.45, 2.75) is 32.2 Å². The van der Waals surface area contributed by atoms with E-state index in [1.54, 1.807) is 6.20 Å². The molecule has 0 amide bonds. The van der Waals surface area contributed by atoms with Gasteiger partial charge in [0.1, 0.15) is 0 Å². The number of hydrogen-bond acceptors (Lipinski definition) is 5. The van der Waals surface area contributed by atoms with Crippen LogP contribution in [0.25, 0.3) is 0 Å². The fraction of sp³-hybridized carbons (Fsp3) is 0.700. The van der Waals surface area contributed by atoms with Gasteiger partial charge in [-0.3, -0.25) is 0 Å². The molecule has 8 heteroatoms. The van der Waals surface area contributed by atoms with Crippen LogP contribution in [0, 0.1) is 6.92 Å². The maximum atomic E-state index is 12.3. The summed E-state index contributed by atoms with van der Waals surface area (Å²) in [7, 11) is -3.53. The predicted octanol–water partition coefficient (Wildman–Crippen LogP) is 0.921. The molecule has 0 spiro atoms. The topological polar surface area (TPSA) is 88.3 Å². The Morgan fingerprint density at radius 2 is 2.39 bits per heavy atom. The van der Waals surface area contributed by atoms with Gasteiger partial charge in [-0.2, -0.15) is 12.7 Å². The van der Waals surface area contributed by atoms with Gasteiger partial charge in [0.25, 0.3) is 0 Å². The molecule has 1 aliphatic heterocycles. The van der Waals surface area contributed by atoms with E-state index in [1.165, 1.54) is 15.6 Å². The molecule has 0 bridgehead atoms. The number of nitrogens with one attached hydrogen (secondary N) is 1. The fourth-order valence-electron chi connectivity index (χ4n) is 2.10. The Kier molecular flexibility index (Phi) is 4.21. The minimum Gasteiger partial charge on any atom is -0.329 e. The van der Waals surface area contributed by atoms with Crippen LogP contribution in [-0.4, -0.2) is 36.8 Å². The number of nitrogens with two attached hydrogens (primary N) is 1. The van der Waals surface area contributed by atoms with Gasteiger partial charge in [0.05, 0.1) is 0 Å². The summed E-state index contributed by atoms with van der Waals surface area (Å²) in [5.41, 5.74) is 5.64. The van der Waals surface area contributed by atoms with E-state index in [4.69, 9.17) is 5.73 Å². The van der Waals surface area contributed by atoms with Crippen LogP contribution in [0.1, 0.15) is 24.1 Å². The van der Waals surface area contributed by atoms with Crippen LogP contribution in [-0.2, 0) is 10.2 Å². The molecular formula is C10H18N4O2S2. The highest BCUT2D eigenvalue weighted by Crippen LogP contribution is 2.23. The van der Waals surface area contributed by atoms with Crippen molar-refractivity contribution in [3.05, 3.63) is 11.1 Å². The first kappa shape index (κ1) is 13.7. The summed E-state index contributed by atoms with van der Waals surface area (Å²) in [6, 6.07) is -0.0997. The number of piperidine rings is 1. The van der Waals surface area contributed by atoms with Gasteiger partial charge >= 0.3 is 10.2 Å². The van der Waals surface area contributed by atoms with Crippen molar-refractivity contribution in [1.29, 1.82) is 0 Å². The quantitative estimate of drug-likeness (QED) is 0.863. The summed E-state index contributed by atoms with van der Waals surface area (Å²) >= 11 is 1.33. The van der Waals surface area contributed by atoms with Gasteiger partial charge in [0, 0.05) is 30.2 Å². The third-order valence-electron chi connectivity index (χ3n) is 2.99. The number of rotatable bonds is 4.